The van der Waals surface area contributed by atoms with E-state index in [4.69, 9.17) is 16.0 Å². The Bertz CT molecular complexity index is 1310. The van der Waals surface area contributed by atoms with Gasteiger partial charge in [-0.1, -0.05) is 72.3 Å². The fourth-order valence-corrected chi connectivity index (χ4v) is 4.44. The maximum absolute atomic E-state index is 13.3. The fourth-order valence-electron chi connectivity index (χ4n) is 4.25. The van der Waals surface area contributed by atoms with E-state index < -0.39 is 23.5 Å². The summed E-state index contributed by atoms with van der Waals surface area (Å²) >= 11 is 6.41. The highest BCUT2D eigenvalue weighted by atomic mass is 35.5. The van der Waals surface area contributed by atoms with Crippen LogP contribution >= 0.6 is 11.6 Å². The van der Waals surface area contributed by atoms with E-state index in [9.17, 15) is 9.59 Å². The van der Waals surface area contributed by atoms with Crippen molar-refractivity contribution in [3.05, 3.63) is 125 Å². The molecule has 0 aliphatic carbocycles. The van der Waals surface area contributed by atoms with Gasteiger partial charge in [0.2, 0.25) is 0 Å². The average molecular weight is 458 g/mol. The zero-order valence-electron chi connectivity index (χ0n) is 17.4. The fraction of sp³-hybridized carbons (Fsp3) is 0.0769. The number of amides is 2. The predicted octanol–water partition coefficient (Wildman–Crippen LogP) is 4.52. The van der Waals surface area contributed by atoms with Crippen LogP contribution < -0.4 is 16.0 Å². The summed E-state index contributed by atoms with van der Waals surface area (Å²) in [6.07, 6.45) is 0.333. The molecule has 3 aromatic carbocycles. The molecule has 7 heteroatoms. The van der Waals surface area contributed by atoms with Crippen molar-refractivity contribution in [3.8, 4) is 0 Å². The lowest BCUT2D eigenvalue weighted by Crippen LogP contribution is -2.59. The van der Waals surface area contributed by atoms with Crippen LogP contribution in [0.1, 0.15) is 27.2 Å². The summed E-state index contributed by atoms with van der Waals surface area (Å²) in [5.74, 6) is -0.798. The summed E-state index contributed by atoms with van der Waals surface area (Å²) in [6.45, 7) is 0. The van der Waals surface area contributed by atoms with E-state index in [0.717, 1.165) is 16.7 Å². The van der Waals surface area contributed by atoms with E-state index in [1.54, 1.807) is 18.2 Å². The van der Waals surface area contributed by atoms with E-state index in [-0.39, 0.29) is 5.76 Å². The number of furan rings is 1. The molecule has 2 amide bonds. The molecule has 4 aromatic rings. The number of anilines is 1. The highest BCUT2D eigenvalue weighted by Gasteiger charge is 2.44. The van der Waals surface area contributed by atoms with Crippen molar-refractivity contribution < 1.29 is 14.0 Å². The van der Waals surface area contributed by atoms with Crippen molar-refractivity contribution in [3.63, 3.8) is 0 Å². The van der Waals surface area contributed by atoms with Gasteiger partial charge in [0.1, 0.15) is 0 Å². The first-order valence-electron chi connectivity index (χ1n) is 10.4. The number of carbonyl (C=O) groups excluding carboxylic acids is 2. The topological polar surface area (TPSA) is 83.4 Å². The van der Waals surface area contributed by atoms with Crippen LogP contribution in [0.4, 0.5) is 5.69 Å². The molecular weight excluding hydrogens is 438 g/mol. The van der Waals surface area contributed by atoms with Crippen LogP contribution in [-0.4, -0.2) is 18.0 Å². The van der Waals surface area contributed by atoms with Crippen LogP contribution in [0.15, 0.2) is 102 Å². The highest BCUT2D eigenvalue weighted by molar-refractivity contribution is 6.30. The first kappa shape index (κ1) is 21.0. The molecule has 2 unspecified atom stereocenters. The first-order chi connectivity index (χ1) is 16.1. The molecule has 3 N–H and O–H groups in total. The molecule has 1 aromatic heterocycles. The Hall–Kier alpha value is -3.87. The predicted molar refractivity (Wildman–Crippen MR) is 126 cm³/mol. The molecule has 2 atom stereocenters. The van der Waals surface area contributed by atoms with Crippen molar-refractivity contribution >= 4 is 29.1 Å². The van der Waals surface area contributed by atoms with E-state index >= 15 is 0 Å². The number of fused-ring (bicyclic) bond motifs is 1. The van der Waals surface area contributed by atoms with Crippen LogP contribution in [0.3, 0.4) is 0 Å². The largest absolute Gasteiger partial charge is 0.459 e. The minimum atomic E-state index is -1.07. The van der Waals surface area contributed by atoms with Gasteiger partial charge in [-0.2, -0.15) is 0 Å². The molecule has 0 saturated heterocycles. The molecule has 5 rings (SSSR count). The number of rotatable bonds is 4. The van der Waals surface area contributed by atoms with Crippen LogP contribution in [0, 0.1) is 0 Å². The molecule has 0 bridgehead atoms. The Labute approximate surface area is 195 Å². The molecule has 0 fully saturated rings. The number of hydrogen-bond donors (Lipinski definition) is 3. The smallest absolute Gasteiger partial charge is 0.288 e. The lowest BCUT2D eigenvalue weighted by atomic mass is 9.76. The summed E-state index contributed by atoms with van der Waals surface area (Å²) in [6, 6.07) is 27.9. The maximum atomic E-state index is 13.3. The van der Waals surface area contributed by atoms with E-state index in [1.807, 2.05) is 72.8 Å². The van der Waals surface area contributed by atoms with Crippen molar-refractivity contribution in [1.82, 2.24) is 10.6 Å². The van der Waals surface area contributed by atoms with Gasteiger partial charge in [0.25, 0.3) is 11.8 Å². The van der Waals surface area contributed by atoms with Crippen LogP contribution in [0.25, 0.3) is 0 Å². The molecule has 0 saturated carbocycles. The second kappa shape index (κ2) is 8.58. The van der Waals surface area contributed by atoms with Gasteiger partial charge in [-0.25, -0.2) is 0 Å². The second-order valence-electron chi connectivity index (χ2n) is 7.69. The Balaban J connectivity index is 1.72. The van der Waals surface area contributed by atoms with Crippen molar-refractivity contribution in [2.75, 3.05) is 5.32 Å². The molecule has 2 heterocycles. The number of carbonyl (C=O) groups is 2. The van der Waals surface area contributed by atoms with Crippen molar-refractivity contribution in [1.29, 1.82) is 0 Å². The van der Waals surface area contributed by atoms with Gasteiger partial charge in [-0.15, -0.1) is 0 Å². The summed E-state index contributed by atoms with van der Waals surface area (Å²) in [7, 11) is 0. The SMILES string of the molecule is O=C(NC1NC(c2ccccc2)(c2cccc(Cl)c2)c2ccccc2NC1=O)c1ccco1. The minimum Gasteiger partial charge on any atom is -0.459 e. The number of para-hydroxylation sites is 1. The normalized spacial score (nSPS) is 19.8. The Morgan fingerprint density at radius 3 is 2.42 bits per heavy atom. The summed E-state index contributed by atoms with van der Waals surface area (Å²) < 4.78 is 5.21. The number of hydrogen-bond acceptors (Lipinski definition) is 4. The quantitative estimate of drug-likeness (QED) is 0.420. The van der Waals surface area contributed by atoms with Gasteiger partial charge in [-0.05, 0) is 41.5 Å². The number of benzene rings is 3. The first-order valence-corrected chi connectivity index (χ1v) is 10.8. The van der Waals surface area contributed by atoms with Crippen LogP contribution in [0.2, 0.25) is 5.02 Å². The van der Waals surface area contributed by atoms with E-state index in [0.29, 0.717) is 10.7 Å². The van der Waals surface area contributed by atoms with Gasteiger partial charge < -0.3 is 15.1 Å². The zero-order valence-corrected chi connectivity index (χ0v) is 18.2. The number of halogens is 1. The van der Waals surface area contributed by atoms with Crippen molar-refractivity contribution in [2.24, 2.45) is 0 Å². The summed E-state index contributed by atoms with van der Waals surface area (Å²) in [5.41, 5.74) is 2.16. The van der Waals surface area contributed by atoms with Gasteiger partial charge in [0.15, 0.2) is 11.9 Å². The third kappa shape index (κ3) is 3.80. The standard InChI is InChI=1S/C26H20ClN3O3/c27-19-11-6-10-18(16-19)26(17-8-2-1-3-9-17)20-12-4-5-13-21(20)28-25(32)23(30-26)29-24(31)22-14-7-15-33-22/h1-16,23,30H,(H,28,32)(H,29,31). The van der Waals surface area contributed by atoms with Gasteiger partial charge in [-0.3, -0.25) is 14.9 Å². The molecule has 33 heavy (non-hydrogen) atoms. The minimum absolute atomic E-state index is 0.111. The molecular formula is C26H20ClN3O3. The lowest BCUT2D eigenvalue weighted by Gasteiger charge is -2.38. The zero-order chi connectivity index (χ0) is 22.8. The molecule has 164 valence electrons. The monoisotopic (exact) mass is 457 g/mol. The lowest BCUT2D eigenvalue weighted by molar-refractivity contribution is -0.118. The molecule has 6 nitrogen and oxygen atoms in total. The Kier molecular flexibility index (Phi) is 5.46. The van der Waals surface area contributed by atoms with Gasteiger partial charge >= 0.3 is 0 Å². The second-order valence-corrected chi connectivity index (χ2v) is 8.13. The molecule has 0 spiro atoms. The van der Waals surface area contributed by atoms with Gasteiger partial charge in [0, 0.05) is 16.3 Å². The van der Waals surface area contributed by atoms with Crippen molar-refractivity contribution in [2.45, 2.75) is 11.7 Å². The summed E-state index contributed by atoms with van der Waals surface area (Å²) in [4.78, 5) is 26.1. The number of nitrogens with one attached hydrogen (secondary N) is 3. The third-order valence-electron chi connectivity index (χ3n) is 5.70. The van der Waals surface area contributed by atoms with E-state index in [1.165, 1.54) is 6.26 Å². The van der Waals surface area contributed by atoms with Crippen LogP contribution in [-0.2, 0) is 10.3 Å². The van der Waals surface area contributed by atoms with Gasteiger partial charge in [0.05, 0.1) is 11.8 Å². The molecule has 1 aliphatic rings. The van der Waals surface area contributed by atoms with E-state index in [2.05, 4.69) is 16.0 Å². The van der Waals surface area contributed by atoms with Crippen LogP contribution in [0.5, 0.6) is 0 Å². The third-order valence-corrected chi connectivity index (χ3v) is 5.93. The molecule has 0 radical (unpaired) electrons. The average Bonchev–Trinajstić information content (AvgIpc) is 3.34. The Morgan fingerprint density at radius 2 is 1.67 bits per heavy atom. The highest BCUT2D eigenvalue weighted by Crippen LogP contribution is 2.42. The molecule has 1 aliphatic heterocycles. The summed E-state index contributed by atoms with van der Waals surface area (Å²) in [5, 5.41) is 9.72. The Morgan fingerprint density at radius 1 is 0.909 bits per heavy atom. The maximum Gasteiger partial charge on any atom is 0.288 e.